The van der Waals surface area contributed by atoms with E-state index in [1.54, 1.807) is 35.9 Å². The van der Waals surface area contributed by atoms with Crippen molar-refractivity contribution in [2.45, 2.75) is 0 Å². The highest BCUT2D eigenvalue weighted by atomic mass is 32.1. The van der Waals surface area contributed by atoms with Crippen molar-refractivity contribution in [3.63, 3.8) is 0 Å². The summed E-state index contributed by atoms with van der Waals surface area (Å²) in [5.41, 5.74) is 1.84. The minimum atomic E-state index is -0.952. The number of nitrogens with zero attached hydrogens (tertiary/aromatic N) is 3. The fourth-order valence-electron chi connectivity index (χ4n) is 2.75. The topological polar surface area (TPSA) is 66.3 Å². The molecular weight excluding hydrogens is 322 g/mol. The van der Waals surface area contributed by atoms with Crippen molar-refractivity contribution in [1.82, 2.24) is 9.97 Å². The zero-order valence-electron chi connectivity index (χ0n) is 12.8. The molecule has 1 N–H and O–H groups in total. The monoisotopic (exact) mass is 335 g/mol. The molecule has 0 amide bonds. The van der Waals surface area contributed by atoms with Gasteiger partial charge in [-0.15, -0.1) is 11.3 Å². The predicted octanol–water partition coefficient (Wildman–Crippen LogP) is 4.31. The Labute approximate surface area is 141 Å². The predicted molar refractivity (Wildman–Crippen MR) is 96.4 cm³/mol. The smallest absolute Gasteiger partial charge is 0.335 e. The van der Waals surface area contributed by atoms with Crippen molar-refractivity contribution < 1.29 is 9.90 Å². The number of thiophene rings is 1. The van der Waals surface area contributed by atoms with E-state index in [4.69, 9.17) is 4.98 Å². The number of fused-ring (bicyclic) bond motifs is 3. The molecule has 0 aliphatic carbocycles. The van der Waals surface area contributed by atoms with Crippen LogP contribution in [0.4, 0.5) is 11.5 Å². The molecule has 0 saturated heterocycles. The number of aromatic carboxylic acids is 1. The molecule has 0 spiro atoms. The summed E-state index contributed by atoms with van der Waals surface area (Å²) in [7, 11) is 1.93. The molecule has 0 unspecified atom stereocenters. The van der Waals surface area contributed by atoms with E-state index < -0.39 is 5.97 Å². The number of hydrogen-bond acceptors (Lipinski definition) is 5. The Bertz CT molecular complexity index is 1060. The second-order valence-electron chi connectivity index (χ2n) is 5.41. The second kappa shape index (κ2) is 5.58. The highest BCUT2D eigenvalue weighted by Gasteiger charge is 2.15. The average Bonchev–Trinajstić information content (AvgIpc) is 3.10. The third-order valence-electron chi connectivity index (χ3n) is 3.97. The Morgan fingerprint density at radius 3 is 2.83 bits per heavy atom. The van der Waals surface area contributed by atoms with Gasteiger partial charge in [-0.2, -0.15) is 0 Å². The molecule has 0 saturated carbocycles. The summed E-state index contributed by atoms with van der Waals surface area (Å²) >= 11 is 1.63. The van der Waals surface area contributed by atoms with Gasteiger partial charge in [0, 0.05) is 28.7 Å². The zero-order valence-corrected chi connectivity index (χ0v) is 13.6. The molecule has 0 atom stereocenters. The summed E-state index contributed by atoms with van der Waals surface area (Å²) in [4.78, 5) is 22.1. The molecule has 0 fully saturated rings. The van der Waals surface area contributed by atoms with Gasteiger partial charge in [0.05, 0.1) is 23.0 Å². The summed E-state index contributed by atoms with van der Waals surface area (Å²) in [5, 5.41) is 13.3. The summed E-state index contributed by atoms with van der Waals surface area (Å²) in [6.45, 7) is 0. The first kappa shape index (κ1) is 14.6. The number of anilines is 2. The van der Waals surface area contributed by atoms with Crippen LogP contribution in [0.15, 0.2) is 54.2 Å². The maximum absolute atomic E-state index is 11.3. The average molecular weight is 335 g/mol. The van der Waals surface area contributed by atoms with E-state index in [0.717, 1.165) is 27.0 Å². The third kappa shape index (κ3) is 2.28. The van der Waals surface area contributed by atoms with Gasteiger partial charge in [-0.3, -0.25) is 4.98 Å². The minimum absolute atomic E-state index is 0.237. The van der Waals surface area contributed by atoms with Crippen molar-refractivity contribution in [3.8, 4) is 0 Å². The number of carboxylic acid groups (broad SMARTS) is 1. The first-order valence-electron chi connectivity index (χ1n) is 7.33. The Kier molecular flexibility index (Phi) is 3.39. The lowest BCUT2D eigenvalue weighted by atomic mass is 10.1. The van der Waals surface area contributed by atoms with Crippen LogP contribution in [0.3, 0.4) is 0 Å². The molecule has 0 radical (unpaired) electrons. The van der Waals surface area contributed by atoms with E-state index in [1.807, 2.05) is 41.6 Å². The van der Waals surface area contributed by atoms with Gasteiger partial charge in [0.2, 0.25) is 0 Å². The van der Waals surface area contributed by atoms with Crippen LogP contribution in [0.5, 0.6) is 0 Å². The summed E-state index contributed by atoms with van der Waals surface area (Å²) in [5.74, 6) is -0.165. The van der Waals surface area contributed by atoms with E-state index in [2.05, 4.69) is 4.98 Å². The SMILES string of the molecule is CN(c1cccnc1)c1nc2cc(C(=O)O)ccc2c2sccc12. The Morgan fingerprint density at radius 2 is 2.08 bits per heavy atom. The van der Waals surface area contributed by atoms with Crippen LogP contribution in [-0.2, 0) is 0 Å². The normalized spacial score (nSPS) is 11.0. The number of hydrogen-bond donors (Lipinski definition) is 1. The van der Waals surface area contributed by atoms with Crippen molar-refractivity contribution in [2.24, 2.45) is 0 Å². The third-order valence-corrected chi connectivity index (χ3v) is 4.92. The van der Waals surface area contributed by atoms with E-state index in [0.29, 0.717) is 5.52 Å². The van der Waals surface area contributed by atoms with E-state index in [1.165, 1.54) is 0 Å². The number of pyridine rings is 2. The molecule has 4 rings (SSSR count). The van der Waals surface area contributed by atoms with E-state index in [-0.39, 0.29) is 5.56 Å². The van der Waals surface area contributed by atoms with Crippen LogP contribution in [0, 0.1) is 0 Å². The van der Waals surface area contributed by atoms with Crippen molar-refractivity contribution >= 4 is 49.8 Å². The van der Waals surface area contributed by atoms with E-state index in [9.17, 15) is 9.90 Å². The van der Waals surface area contributed by atoms with Crippen LogP contribution in [-0.4, -0.2) is 28.1 Å². The van der Waals surface area contributed by atoms with Gasteiger partial charge in [-0.1, -0.05) is 6.07 Å². The molecule has 0 aliphatic heterocycles. The molecule has 3 heterocycles. The Balaban J connectivity index is 1.99. The zero-order chi connectivity index (χ0) is 16.7. The van der Waals surface area contributed by atoms with Crippen molar-refractivity contribution in [3.05, 3.63) is 59.7 Å². The van der Waals surface area contributed by atoms with Crippen LogP contribution in [0.1, 0.15) is 10.4 Å². The lowest BCUT2D eigenvalue weighted by Gasteiger charge is -2.19. The van der Waals surface area contributed by atoms with Gasteiger partial charge in [0.1, 0.15) is 5.82 Å². The molecule has 118 valence electrons. The number of rotatable bonds is 3. The Hall–Kier alpha value is -2.99. The highest BCUT2D eigenvalue weighted by molar-refractivity contribution is 7.18. The number of aromatic nitrogens is 2. The Morgan fingerprint density at radius 1 is 1.21 bits per heavy atom. The molecule has 5 nitrogen and oxygen atoms in total. The number of carboxylic acids is 1. The highest BCUT2D eigenvalue weighted by Crippen LogP contribution is 2.37. The molecule has 24 heavy (non-hydrogen) atoms. The molecule has 6 heteroatoms. The molecular formula is C18H13N3O2S. The quantitative estimate of drug-likeness (QED) is 0.604. The summed E-state index contributed by atoms with van der Waals surface area (Å²) in [6.07, 6.45) is 3.50. The fourth-order valence-corrected chi connectivity index (χ4v) is 3.67. The first-order chi connectivity index (χ1) is 11.6. The van der Waals surface area contributed by atoms with Gasteiger partial charge in [-0.05, 0) is 35.7 Å². The summed E-state index contributed by atoms with van der Waals surface area (Å²) < 4.78 is 1.10. The lowest BCUT2D eigenvalue weighted by molar-refractivity contribution is 0.0697. The van der Waals surface area contributed by atoms with Gasteiger partial charge in [0.15, 0.2) is 0 Å². The maximum atomic E-state index is 11.3. The van der Waals surface area contributed by atoms with Crippen LogP contribution < -0.4 is 4.90 Å². The van der Waals surface area contributed by atoms with Gasteiger partial charge < -0.3 is 10.0 Å². The fraction of sp³-hybridized carbons (Fsp3) is 0.0556. The van der Waals surface area contributed by atoms with Crippen molar-refractivity contribution in [1.29, 1.82) is 0 Å². The molecule has 4 aromatic rings. The van der Waals surface area contributed by atoms with Gasteiger partial charge >= 0.3 is 5.97 Å². The van der Waals surface area contributed by atoms with Crippen LogP contribution in [0.2, 0.25) is 0 Å². The number of benzene rings is 1. The standard InChI is InChI=1S/C18H13N3O2S/c1-21(12-3-2-7-19-10-12)17-14-6-8-24-16(14)13-5-4-11(18(22)23)9-15(13)20-17/h2-10H,1H3,(H,22,23). The largest absolute Gasteiger partial charge is 0.478 e. The van der Waals surface area contributed by atoms with Gasteiger partial charge in [-0.25, -0.2) is 9.78 Å². The molecule has 0 aliphatic rings. The molecule has 0 bridgehead atoms. The second-order valence-corrected chi connectivity index (χ2v) is 6.32. The maximum Gasteiger partial charge on any atom is 0.335 e. The van der Waals surface area contributed by atoms with E-state index >= 15 is 0 Å². The number of carbonyl (C=O) groups is 1. The van der Waals surface area contributed by atoms with Crippen LogP contribution in [0.25, 0.3) is 21.0 Å². The van der Waals surface area contributed by atoms with Gasteiger partial charge in [0.25, 0.3) is 0 Å². The van der Waals surface area contributed by atoms with Crippen LogP contribution >= 0.6 is 11.3 Å². The van der Waals surface area contributed by atoms with Crippen molar-refractivity contribution in [2.75, 3.05) is 11.9 Å². The molecule has 1 aromatic carbocycles. The lowest BCUT2D eigenvalue weighted by Crippen LogP contribution is -2.11. The summed E-state index contributed by atoms with van der Waals surface area (Å²) in [6, 6.07) is 11.0. The minimum Gasteiger partial charge on any atom is -0.478 e. The molecule has 3 aromatic heterocycles. The first-order valence-corrected chi connectivity index (χ1v) is 8.21.